The molecule has 0 saturated heterocycles. The van der Waals surface area contributed by atoms with E-state index in [1.807, 2.05) is 20.8 Å². The summed E-state index contributed by atoms with van der Waals surface area (Å²) in [4.78, 5) is 25.1. The molecule has 2 aliphatic rings. The number of carbonyl (C=O) groups is 2. The Hall–Kier alpha value is -2.11. The van der Waals surface area contributed by atoms with Crippen molar-refractivity contribution >= 4 is 23.3 Å². The van der Waals surface area contributed by atoms with Crippen molar-refractivity contribution in [1.29, 1.82) is 0 Å². The van der Waals surface area contributed by atoms with E-state index in [-0.39, 0.29) is 30.4 Å². The highest BCUT2D eigenvalue weighted by Crippen LogP contribution is 2.31. The van der Waals surface area contributed by atoms with Gasteiger partial charge in [0.15, 0.2) is 5.78 Å². The van der Waals surface area contributed by atoms with Crippen LogP contribution in [0.1, 0.15) is 61.9 Å². The number of nitrogens with one attached hydrogen (secondary N) is 1. The monoisotopic (exact) mass is 416 g/mol. The van der Waals surface area contributed by atoms with Gasteiger partial charge in [0, 0.05) is 34.3 Å². The third kappa shape index (κ3) is 5.28. The Morgan fingerprint density at radius 1 is 1.21 bits per heavy atom. The van der Waals surface area contributed by atoms with Crippen LogP contribution in [-0.2, 0) is 4.79 Å². The van der Waals surface area contributed by atoms with Gasteiger partial charge in [-0.1, -0.05) is 22.7 Å². The van der Waals surface area contributed by atoms with Crippen molar-refractivity contribution in [2.24, 2.45) is 5.73 Å². The van der Waals surface area contributed by atoms with Crippen LogP contribution in [0.4, 0.5) is 0 Å². The van der Waals surface area contributed by atoms with E-state index in [0.29, 0.717) is 21.9 Å². The van der Waals surface area contributed by atoms with Crippen LogP contribution < -0.4 is 15.8 Å². The van der Waals surface area contributed by atoms with Crippen molar-refractivity contribution in [3.63, 3.8) is 0 Å². The first-order valence-electron chi connectivity index (χ1n) is 10.1. The Morgan fingerprint density at radius 3 is 2.55 bits per heavy atom. The molecule has 3 rings (SSSR count). The molecule has 0 unspecified atom stereocenters. The van der Waals surface area contributed by atoms with E-state index in [9.17, 15) is 9.59 Å². The highest BCUT2D eigenvalue weighted by atomic mass is 35.5. The zero-order valence-corrected chi connectivity index (χ0v) is 18.1. The molecule has 0 heterocycles. The van der Waals surface area contributed by atoms with Gasteiger partial charge in [0.2, 0.25) is 0 Å². The summed E-state index contributed by atoms with van der Waals surface area (Å²) in [6, 6.07) is 3.65. The maximum absolute atomic E-state index is 12.8. The van der Waals surface area contributed by atoms with Gasteiger partial charge < -0.3 is 15.8 Å². The summed E-state index contributed by atoms with van der Waals surface area (Å²) in [5, 5.41) is 3.32. The van der Waals surface area contributed by atoms with Crippen LogP contribution in [0.5, 0.6) is 5.75 Å². The van der Waals surface area contributed by atoms with Crippen LogP contribution in [0.3, 0.4) is 0 Å². The molecule has 0 spiro atoms. The van der Waals surface area contributed by atoms with Gasteiger partial charge in [-0.05, 0) is 71.1 Å². The minimum Gasteiger partial charge on any atom is -0.490 e. The molecule has 6 heteroatoms. The molecule has 3 N–H and O–H groups in total. The van der Waals surface area contributed by atoms with E-state index >= 15 is 0 Å². The molecule has 2 aliphatic carbocycles. The molecule has 0 radical (unpaired) electrons. The maximum atomic E-state index is 12.8. The number of amides is 1. The van der Waals surface area contributed by atoms with Crippen molar-refractivity contribution in [3.05, 3.63) is 51.1 Å². The average Bonchev–Trinajstić information content (AvgIpc) is 2.65. The summed E-state index contributed by atoms with van der Waals surface area (Å²) in [7, 11) is 0. The molecule has 156 valence electrons. The molecule has 1 aromatic rings. The standard InChI is InChI=1S/C23H29ClN2O3/c1-13-8-14(2)20(21(27)9-13)12-26-23(28)19-10-16(24)11-22(15(19)3)29-18-6-4-17(25)5-7-18/h9-11,17-18H,4-8,12,25H2,1-3H3,(H,26,28). The molecular formula is C23H29ClN2O3. The summed E-state index contributed by atoms with van der Waals surface area (Å²) in [6.45, 7) is 5.93. The second-order valence-electron chi connectivity index (χ2n) is 8.20. The number of ketones is 1. The van der Waals surface area contributed by atoms with Crippen molar-refractivity contribution in [3.8, 4) is 5.75 Å². The molecule has 1 amide bonds. The van der Waals surface area contributed by atoms with Gasteiger partial charge in [-0.3, -0.25) is 9.59 Å². The number of rotatable bonds is 5. The summed E-state index contributed by atoms with van der Waals surface area (Å²) >= 11 is 6.27. The molecule has 5 nitrogen and oxygen atoms in total. The predicted molar refractivity (Wildman–Crippen MR) is 115 cm³/mol. The number of hydrogen-bond acceptors (Lipinski definition) is 4. The lowest BCUT2D eigenvalue weighted by Gasteiger charge is -2.27. The van der Waals surface area contributed by atoms with E-state index in [1.165, 1.54) is 0 Å². The number of hydrogen-bond donors (Lipinski definition) is 2. The molecule has 1 saturated carbocycles. The summed E-state index contributed by atoms with van der Waals surface area (Å²) < 4.78 is 6.16. The molecule has 0 aliphatic heterocycles. The number of carbonyl (C=O) groups excluding carboxylic acids is 2. The normalized spacial score (nSPS) is 22.4. The number of allylic oxidation sites excluding steroid dienone is 3. The van der Waals surface area contributed by atoms with E-state index in [2.05, 4.69) is 5.32 Å². The van der Waals surface area contributed by atoms with Crippen LogP contribution in [0.2, 0.25) is 5.02 Å². The van der Waals surface area contributed by atoms with E-state index in [4.69, 9.17) is 22.1 Å². The Bertz CT molecular complexity index is 880. The lowest BCUT2D eigenvalue weighted by atomic mass is 9.92. The van der Waals surface area contributed by atoms with Gasteiger partial charge in [0.25, 0.3) is 5.91 Å². The van der Waals surface area contributed by atoms with Crippen molar-refractivity contribution in [1.82, 2.24) is 5.32 Å². The first kappa shape index (κ1) is 21.6. The number of halogens is 1. The van der Waals surface area contributed by atoms with Crippen LogP contribution in [0.15, 0.2) is 34.9 Å². The van der Waals surface area contributed by atoms with Crippen LogP contribution >= 0.6 is 11.6 Å². The van der Waals surface area contributed by atoms with Crippen LogP contribution in [0, 0.1) is 6.92 Å². The number of ether oxygens (including phenoxy) is 1. The topological polar surface area (TPSA) is 81.4 Å². The quantitative estimate of drug-likeness (QED) is 0.751. The SMILES string of the molecule is CC1=CC(=O)C(CNC(=O)c2cc(Cl)cc(OC3CCC(N)CC3)c2C)=C(C)C1. The molecular weight excluding hydrogens is 388 g/mol. The van der Waals surface area contributed by atoms with E-state index in [0.717, 1.165) is 48.8 Å². The third-order valence-corrected chi connectivity index (χ3v) is 5.96. The van der Waals surface area contributed by atoms with Crippen LogP contribution in [0.25, 0.3) is 0 Å². The molecule has 1 fully saturated rings. The molecule has 1 aromatic carbocycles. The number of nitrogens with two attached hydrogens (primary N) is 1. The Balaban J connectivity index is 1.71. The lowest BCUT2D eigenvalue weighted by Crippen LogP contribution is -2.32. The van der Waals surface area contributed by atoms with Gasteiger partial charge in [-0.15, -0.1) is 0 Å². The second-order valence-corrected chi connectivity index (χ2v) is 8.64. The molecule has 0 aromatic heterocycles. The Labute approximate surface area is 177 Å². The summed E-state index contributed by atoms with van der Waals surface area (Å²) in [6.07, 6.45) is 6.17. The Kier molecular flexibility index (Phi) is 6.81. The van der Waals surface area contributed by atoms with Gasteiger partial charge >= 0.3 is 0 Å². The molecule has 0 bridgehead atoms. The zero-order chi connectivity index (χ0) is 21.1. The fourth-order valence-corrected chi connectivity index (χ4v) is 4.21. The van der Waals surface area contributed by atoms with Crippen molar-refractivity contribution < 1.29 is 14.3 Å². The highest BCUT2D eigenvalue weighted by molar-refractivity contribution is 6.31. The van der Waals surface area contributed by atoms with Gasteiger partial charge in [0.05, 0.1) is 6.10 Å². The van der Waals surface area contributed by atoms with Gasteiger partial charge in [-0.2, -0.15) is 0 Å². The first-order valence-corrected chi connectivity index (χ1v) is 10.5. The van der Waals surface area contributed by atoms with E-state index in [1.54, 1.807) is 18.2 Å². The first-order chi connectivity index (χ1) is 13.7. The predicted octanol–water partition coefficient (Wildman–Crippen LogP) is 4.26. The largest absolute Gasteiger partial charge is 0.490 e. The maximum Gasteiger partial charge on any atom is 0.252 e. The summed E-state index contributed by atoms with van der Waals surface area (Å²) in [5.41, 5.74) is 9.87. The van der Waals surface area contributed by atoms with E-state index < -0.39 is 0 Å². The van der Waals surface area contributed by atoms with Gasteiger partial charge in [0.1, 0.15) is 5.75 Å². The third-order valence-electron chi connectivity index (χ3n) is 5.74. The fraction of sp³-hybridized carbons (Fsp3) is 0.478. The smallest absolute Gasteiger partial charge is 0.252 e. The molecule has 29 heavy (non-hydrogen) atoms. The van der Waals surface area contributed by atoms with Crippen molar-refractivity contribution in [2.75, 3.05) is 6.54 Å². The zero-order valence-electron chi connectivity index (χ0n) is 17.3. The fourth-order valence-electron chi connectivity index (χ4n) is 4.00. The molecule has 0 atom stereocenters. The van der Waals surface area contributed by atoms with Gasteiger partial charge in [-0.25, -0.2) is 0 Å². The number of benzene rings is 1. The second kappa shape index (κ2) is 9.14. The minimum atomic E-state index is -0.264. The minimum absolute atomic E-state index is 0.0334. The van der Waals surface area contributed by atoms with Crippen molar-refractivity contribution in [2.45, 2.75) is 65.0 Å². The highest BCUT2D eigenvalue weighted by Gasteiger charge is 2.23. The summed E-state index contributed by atoms with van der Waals surface area (Å²) in [5.74, 6) is 0.333. The average molecular weight is 417 g/mol. The lowest BCUT2D eigenvalue weighted by molar-refractivity contribution is -0.111. The van der Waals surface area contributed by atoms with Crippen LogP contribution in [-0.4, -0.2) is 30.4 Å². The Morgan fingerprint density at radius 2 is 1.90 bits per heavy atom.